The molecule has 8 heteroatoms. The van der Waals surface area contributed by atoms with E-state index < -0.39 is 21.7 Å². The Balaban J connectivity index is 1.54. The average Bonchev–Trinajstić information content (AvgIpc) is 3.25. The van der Waals surface area contributed by atoms with E-state index in [9.17, 15) is 22.0 Å². The van der Waals surface area contributed by atoms with Crippen molar-refractivity contribution in [3.8, 4) is 11.1 Å². The van der Waals surface area contributed by atoms with E-state index >= 15 is 0 Å². The second kappa shape index (κ2) is 8.31. The summed E-state index contributed by atoms with van der Waals surface area (Å²) in [6, 6.07) is 8.87. The van der Waals surface area contributed by atoms with Crippen molar-refractivity contribution in [3.63, 3.8) is 0 Å². The largest absolute Gasteiger partial charge is 0.342 e. The number of carbonyl (C=O) groups excluding carboxylic acids is 1. The summed E-state index contributed by atoms with van der Waals surface area (Å²) in [7, 11) is -3.31. The summed E-state index contributed by atoms with van der Waals surface area (Å²) in [5.74, 6) is -1.08. The van der Waals surface area contributed by atoms with Crippen molar-refractivity contribution >= 4 is 15.9 Å². The predicted molar refractivity (Wildman–Crippen MR) is 115 cm³/mol. The molecule has 0 spiro atoms. The fraction of sp³-hybridized carbons (Fsp3) is 0.435. The number of rotatable bonds is 5. The average molecular weight is 449 g/mol. The zero-order chi connectivity index (χ0) is 22.3. The number of carbonyl (C=O) groups is 1. The Morgan fingerprint density at radius 3 is 2.52 bits per heavy atom. The molecule has 4 rings (SSSR count). The van der Waals surface area contributed by atoms with Gasteiger partial charge in [-0.2, -0.15) is 0 Å². The molecule has 1 heterocycles. The molecular weight excluding hydrogens is 422 g/mol. The second-order valence-corrected chi connectivity index (χ2v) is 10.5. The highest BCUT2D eigenvalue weighted by atomic mass is 32.2. The number of sulfonamides is 1. The first-order valence-corrected chi connectivity index (χ1v) is 12.3. The highest BCUT2D eigenvalue weighted by Gasteiger charge is 2.44. The lowest BCUT2D eigenvalue weighted by Gasteiger charge is -2.22. The van der Waals surface area contributed by atoms with Crippen LogP contribution < -0.4 is 4.72 Å². The van der Waals surface area contributed by atoms with Gasteiger partial charge in [0.05, 0.1) is 18.2 Å². The third-order valence-corrected chi connectivity index (χ3v) is 7.15. The summed E-state index contributed by atoms with van der Waals surface area (Å²) in [6.07, 6.45) is 2.84. The van der Waals surface area contributed by atoms with Crippen LogP contribution in [0.15, 0.2) is 36.4 Å². The maximum atomic E-state index is 14.4. The minimum Gasteiger partial charge on any atom is -0.342 e. The Kier molecular flexibility index (Phi) is 5.87. The molecule has 166 valence electrons. The summed E-state index contributed by atoms with van der Waals surface area (Å²) in [5.41, 5.74) is 1.69. The fourth-order valence-electron chi connectivity index (χ4n) is 5.00. The summed E-state index contributed by atoms with van der Waals surface area (Å²) in [6.45, 7) is 2.91. The highest BCUT2D eigenvalue weighted by molar-refractivity contribution is 7.88. The lowest BCUT2D eigenvalue weighted by Crippen LogP contribution is -2.40. The van der Waals surface area contributed by atoms with Crippen LogP contribution in [-0.2, 0) is 21.2 Å². The normalized spacial score (nSPS) is 23.2. The number of benzene rings is 2. The number of aryl methyl sites for hydroxylation is 1. The number of fused-ring (bicyclic) bond motifs is 1. The molecule has 31 heavy (non-hydrogen) atoms. The Labute approximate surface area is 181 Å². The zero-order valence-corrected chi connectivity index (χ0v) is 18.4. The molecule has 1 N–H and O–H groups in total. The van der Waals surface area contributed by atoms with E-state index in [1.807, 2.05) is 13.0 Å². The summed E-state index contributed by atoms with van der Waals surface area (Å²) in [4.78, 5) is 14.8. The van der Waals surface area contributed by atoms with Gasteiger partial charge >= 0.3 is 0 Å². The number of nitrogens with one attached hydrogen (secondary N) is 1. The smallest absolute Gasteiger partial charge is 0.227 e. The first-order valence-electron chi connectivity index (χ1n) is 10.4. The third kappa shape index (κ3) is 4.65. The van der Waals surface area contributed by atoms with Crippen molar-refractivity contribution in [2.24, 2.45) is 11.8 Å². The van der Waals surface area contributed by atoms with Crippen molar-refractivity contribution in [3.05, 3.63) is 59.2 Å². The molecule has 2 aromatic carbocycles. The lowest BCUT2D eigenvalue weighted by molar-refractivity contribution is -0.129. The summed E-state index contributed by atoms with van der Waals surface area (Å²) in [5, 5.41) is 0. The van der Waals surface area contributed by atoms with Crippen molar-refractivity contribution in [2.75, 3.05) is 19.3 Å². The Bertz CT molecular complexity index is 1100. The SMILES string of the molecule is Cc1ccc(CC(=O)N2CC3CCC(NS(C)(=O)=O)C3C2)c(-c2c(F)cccc2F)c1. The van der Waals surface area contributed by atoms with Crippen molar-refractivity contribution in [2.45, 2.75) is 32.2 Å². The maximum absolute atomic E-state index is 14.4. The molecule has 2 aliphatic rings. The van der Waals surface area contributed by atoms with Crippen LogP contribution >= 0.6 is 0 Å². The van der Waals surface area contributed by atoms with Gasteiger partial charge in [-0.3, -0.25) is 4.79 Å². The van der Waals surface area contributed by atoms with Crippen molar-refractivity contribution in [1.29, 1.82) is 0 Å². The fourth-order valence-corrected chi connectivity index (χ4v) is 5.84. The predicted octanol–water partition coefficient (Wildman–Crippen LogP) is 3.27. The van der Waals surface area contributed by atoms with Crippen molar-refractivity contribution < 1.29 is 22.0 Å². The molecule has 1 saturated heterocycles. The molecule has 1 aliphatic carbocycles. The van der Waals surface area contributed by atoms with Crippen LogP contribution in [0.25, 0.3) is 11.1 Å². The van der Waals surface area contributed by atoms with Gasteiger partial charge in [-0.1, -0.05) is 29.8 Å². The molecule has 3 unspecified atom stereocenters. The molecule has 1 saturated carbocycles. The molecule has 3 atom stereocenters. The van der Waals surface area contributed by atoms with Gasteiger partial charge < -0.3 is 4.90 Å². The van der Waals surface area contributed by atoms with E-state index in [0.29, 0.717) is 24.2 Å². The molecule has 5 nitrogen and oxygen atoms in total. The number of hydrogen-bond acceptors (Lipinski definition) is 3. The standard InChI is InChI=1S/C23H26F2N2O3S/c1-14-6-7-15(17(10-14)23-19(24)4-3-5-20(23)25)11-22(28)27-12-16-8-9-21(18(16)13-27)26-31(2,29)30/h3-7,10,16,18,21,26H,8-9,11-13H2,1-2H3. The van der Waals surface area contributed by atoms with E-state index in [1.54, 1.807) is 17.0 Å². The van der Waals surface area contributed by atoms with E-state index in [4.69, 9.17) is 0 Å². The van der Waals surface area contributed by atoms with Gasteiger partial charge in [-0.05, 0) is 54.9 Å². The molecular formula is C23H26F2N2O3S. The van der Waals surface area contributed by atoms with Crippen LogP contribution in [0.5, 0.6) is 0 Å². The molecule has 1 amide bonds. The second-order valence-electron chi connectivity index (χ2n) is 8.73. The van der Waals surface area contributed by atoms with E-state index in [1.165, 1.54) is 18.2 Å². The number of halogens is 2. The summed E-state index contributed by atoms with van der Waals surface area (Å²) < 4.78 is 54.8. The van der Waals surface area contributed by atoms with E-state index in [0.717, 1.165) is 24.7 Å². The number of nitrogens with zero attached hydrogens (tertiary/aromatic N) is 1. The van der Waals surface area contributed by atoms with E-state index in [2.05, 4.69) is 4.72 Å². The van der Waals surface area contributed by atoms with E-state index in [-0.39, 0.29) is 35.8 Å². The van der Waals surface area contributed by atoms with Crippen molar-refractivity contribution in [1.82, 2.24) is 9.62 Å². The first-order chi connectivity index (χ1) is 14.6. The Hall–Kier alpha value is -2.32. The van der Waals surface area contributed by atoms with Gasteiger partial charge in [0.2, 0.25) is 15.9 Å². The Morgan fingerprint density at radius 1 is 1.13 bits per heavy atom. The van der Waals surface area contributed by atoms with Crippen LogP contribution in [0, 0.1) is 30.4 Å². The number of amides is 1. The Morgan fingerprint density at radius 2 is 1.84 bits per heavy atom. The molecule has 2 fully saturated rings. The van der Waals surface area contributed by atoms with Gasteiger partial charge in [0, 0.05) is 19.1 Å². The minimum absolute atomic E-state index is 0.0347. The van der Waals surface area contributed by atoms with Gasteiger partial charge in [0.25, 0.3) is 0 Å². The molecule has 0 radical (unpaired) electrons. The first kappa shape index (κ1) is 21.9. The van der Waals surface area contributed by atoms with Gasteiger partial charge in [-0.15, -0.1) is 0 Å². The lowest BCUT2D eigenvalue weighted by atomic mass is 9.94. The minimum atomic E-state index is -3.31. The summed E-state index contributed by atoms with van der Waals surface area (Å²) >= 11 is 0. The quantitative estimate of drug-likeness (QED) is 0.764. The number of likely N-dealkylation sites (tertiary alicyclic amines) is 1. The molecule has 0 aromatic heterocycles. The maximum Gasteiger partial charge on any atom is 0.227 e. The van der Waals surface area contributed by atoms with Gasteiger partial charge in [0.1, 0.15) is 11.6 Å². The van der Waals surface area contributed by atoms with Crippen LogP contribution in [0.2, 0.25) is 0 Å². The van der Waals surface area contributed by atoms with Gasteiger partial charge in [0.15, 0.2) is 0 Å². The molecule has 0 bridgehead atoms. The number of hydrogen-bond donors (Lipinski definition) is 1. The zero-order valence-electron chi connectivity index (χ0n) is 17.6. The molecule has 2 aromatic rings. The monoisotopic (exact) mass is 448 g/mol. The van der Waals surface area contributed by atoms with Crippen LogP contribution in [0.1, 0.15) is 24.0 Å². The van der Waals surface area contributed by atoms with Crippen LogP contribution in [0.4, 0.5) is 8.78 Å². The van der Waals surface area contributed by atoms with Crippen LogP contribution in [0.3, 0.4) is 0 Å². The molecule has 1 aliphatic heterocycles. The van der Waals surface area contributed by atoms with Gasteiger partial charge in [-0.25, -0.2) is 21.9 Å². The topological polar surface area (TPSA) is 66.5 Å². The van der Waals surface area contributed by atoms with Crippen LogP contribution in [-0.4, -0.2) is 44.6 Å². The third-order valence-electron chi connectivity index (χ3n) is 6.41. The highest BCUT2D eigenvalue weighted by Crippen LogP contribution is 2.39.